The van der Waals surface area contributed by atoms with Gasteiger partial charge < -0.3 is 9.47 Å². The van der Waals surface area contributed by atoms with Crippen molar-refractivity contribution in [1.82, 2.24) is 0 Å². The number of carbonyl (C=O) groups is 1. The first-order valence-electron chi connectivity index (χ1n) is 8.44. The third-order valence-corrected chi connectivity index (χ3v) is 7.57. The third-order valence-electron chi connectivity index (χ3n) is 3.99. The van der Waals surface area contributed by atoms with E-state index < -0.39 is 15.8 Å². The highest BCUT2D eigenvalue weighted by atomic mass is 35.5. The lowest BCUT2D eigenvalue weighted by molar-refractivity contribution is 0.0446. The van der Waals surface area contributed by atoms with Crippen LogP contribution >= 0.6 is 23.4 Å². The summed E-state index contributed by atoms with van der Waals surface area (Å²) in [5.41, 5.74) is 0.443. The van der Waals surface area contributed by atoms with Crippen LogP contribution in [0.3, 0.4) is 0 Å². The molecule has 1 heterocycles. The highest BCUT2D eigenvalue weighted by Crippen LogP contribution is 2.33. The normalized spacial score (nSPS) is 18.2. The van der Waals surface area contributed by atoms with Crippen molar-refractivity contribution in [3.8, 4) is 5.75 Å². The number of sulfone groups is 1. The average molecular weight is 427 g/mol. The van der Waals surface area contributed by atoms with Gasteiger partial charge >= 0.3 is 5.97 Å². The molecule has 0 saturated carbocycles. The monoisotopic (exact) mass is 426 g/mol. The lowest BCUT2D eigenvalue weighted by Crippen LogP contribution is -2.14. The summed E-state index contributed by atoms with van der Waals surface area (Å²) in [6, 6.07) is 14.0. The van der Waals surface area contributed by atoms with Crippen molar-refractivity contribution in [3.63, 3.8) is 0 Å². The second kappa shape index (κ2) is 8.99. The molecule has 0 aliphatic carbocycles. The predicted octanol–water partition coefficient (Wildman–Crippen LogP) is 3.86. The Hall–Kier alpha value is -1.70. The van der Waals surface area contributed by atoms with Crippen molar-refractivity contribution in [2.75, 3.05) is 24.7 Å². The summed E-state index contributed by atoms with van der Waals surface area (Å²) in [4.78, 5) is 13.1. The second-order valence-electron chi connectivity index (χ2n) is 6.08. The van der Waals surface area contributed by atoms with Gasteiger partial charge in [-0.1, -0.05) is 23.7 Å². The first kappa shape index (κ1) is 20.0. The van der Waals surface area contributed by atoms with Gasteiger partial charge in [0.2, 0.25) is 0 Å². The minimum atomic E-state index is -2.96. The topological polar surface area (TPSA) is 69.7 Å². The molecule has 0 amide bonds. The average Bonchev–Trinajstić information content (AvgIpc) is 2.99. The molecule has 2 aromatic carbocycles. The Labute approximate surface area is 167 Å². The first-order chi connectivity index (χ1) is 12.9. The molecule has 0 N–H and O–H groups in total. The van der Waals surface area contributed by atoms with Gasteiger partial charge in [-0.3, -0.25) is 0 Å². The zero-order chi connectivity index (χ0) is 19.3. The molecule has 1 atom stereocenters. The second-order valence-corrected chi connectivity index (χ2v) is 10.1. The van der Waals surface area contributed by atoms with Gasteiger partial charge in [0.1, 0.15) is 19.0 Å². The summed E-state index contributed by atoms with van der Waals surface area (Å²) in [6.45, 7) is 0.335. The zero-order valence-corrected chi connectivity index (χ0v) is 16.9. The number of hydrogen-bond donors (Lipinski definition) is 0. The smallest absolute Gasteiger partial charge is 0.339 e. The van der Waals surface area contributed by atoms with E-state index in [1.807, 2.05) is 12.1 Å². The van der Waals surface area contributed by atoms with Crippen LogP contribution in [-0.4, -0.2) is 44.4 Å². The summed E-state index contributed by atoms with van der Waals surface area (Å²) in [5.74, 6) is 0.558. The molecule has 1 saturated heterocycles. The Morgan fingerprint density at radius 1 is 1.11 bits per heavy atom. The lowest BCUT2D eigenvalue weighted by Gasteiger charge is -2.12. The van der Waals surface area contributed by atoms with E-state index in [-0.39, 0.29) is 30.0 Å². The van der Waals surface area contributed by atoms with Gasteiger partial charge in [0.05, 0.1) is 17.1 Å². The number of halogens is 1. The van der Waals surface area contributed by atoms with Gasteiger partial charge in [-0.25, -0.2) is 13.2 Å². The Morgan fingerprint density at radius 2 is 1.85 bits per heavy atom. The molecule has 27 heavy (non-hydrogen) atoms. The fourth-order valence-electron chi connectivity index (χ4n) is 2.67. The van der Waals surface area contributed by atoms with Crippen molar-refractivity contribution >= 4 is 39.2 Å². The van der Waals surface area contributed by atoms with Gasteiger partial charge in [-0.15, -0.1) is 11.8 Å². The van der Waals surface area contributed by atoms with Crippen LogP contribution in [-0.2, 0) is 14.6 Å². The number of rotatable bonds is 7. The van der Waals surface area contributed by atoms with Crippen molar-refractivity contribution in [3.05, 3.63) is 59.1 Å². The highest BCUT2D eigenvalue weighted by molar-refractivity contribution is 8.02. The van der Waals surface area contributed by atoms with E-state index in [4.69, 9.17) is 21.1 Å². The molecule has 0 aromatic heterocycles. The molecule has 0 unspecified atom stereocenters. The van der Waals surface area contributed by atoms with Gasteiger partial charge in [0.15, 0.2) is 9.84 Å². The maximum absolute atomic E-state index is 12.4. The van der Waals surface area contributed by atoms with Crippen LogP contribution < -0.4 is 4.74 Å². The highest BCUT2D eigenvalue weighted by Gasteiger charge is 2.29. The van der Waals surface area contributed by atoms with Crippen LogP contribution in [0.5, 0.6) is 5.75 Å². The molecule has 0 spiro atoms. The number of thioether (sulfide) groups is 1. The molecule has 0 radical (unpaired) electrons. The predicted molar refractivity (Wildman–Crippen MR) is 107 cm³/mol. The van der Waals surface area contributed by atoms with E-state index in [1.165, 1.54) is 11.8 Å². The Bertz CT molecular complexity index is 897. The number of esters is 1. The summed E-state index contributed by atoms with van der Waals surface area (Å²) >= 11 is 7.24. The van der Waals surface area contributed by atoms with Crippen molar-refractivity contribution in [1.29, 1.82) is 0 Å². The largest absolute Gasteiger partial charge is 0.490 e. The van der Waals surface area contributed by atoms with Gasteiger partial charge in [-0.05, 0) is 42.8 Å². The quantitative estimate of drug-likeness (QED) is 0.494. The van der Waals surface area contributed by atoms with Crippen LogP contribution in [0, 0.1) is 0 Å². The number of ether oxygens (including phenoxy) is 2. The van der Waals surface area contributed by atoms with E-state index in [2.05, 4.69) is 0 Å². The summed E-state index contributed by atoms with van der Waals surface area (Å²) in [7, 11) is -2.96. The Balaban J connectivity index is 1.53. The van der Waals surface area contributed by atoms with E-state index in [1.54, 1.807) is 36.4 Å². The molecule has 1 aliphatic rings. The fourth-order valence-corrected chi connectivity index (χ4v) is 6.42. The lowest BCUT2D eigenvalue weighted by atomic mass is 10.2. The molecule has 1 aliphatic heterocycles. The molecule has 144 valence electrons. The molecule has 1 fully saturated rings. The van der Waals surface area contributed by atoms with Crippen LogP contribution in [0.1, 0.15) is 16.8 Å². The van der Waals surface area contributed by atoms with Gasteiger partial charge in [0.25, 0.3) is 0 Å². The zero-order valence-electron chi connectivity index (χ0n) is 14.5. The molecule has 5 nitrogen and oxygen atoms in total. The minimum absolute atomic E-state index is 0.0304. The van der Waals surface area contributed by atoms with Crippen LogP contribution in [0.4, 0.5) is 0 Å². The van der Waals surface area contributed by atoms with Crippen LogP contribution in [0.2, 0.25) is 5.02 Å². The Kier molecular flexibility index (Phi) is 6.68. The van der Waals surface area contributed by atoms with Crippen molar-refractivity contribution < 1.29 is 22.7 Å². The summed E-state index contributed by atoms with van der Waals surface area (Å²) in [5, 5.41) is 0.593. The first-order valence-corrected chi connectivity index (χ1v) is 11.5. The van der Waals surface area contributed by atoms with Gasteiger partial charge in [0, 0.05) is 15.2 Å². The third kappa shape index (κ3) is 5.89. The number of hydrogen-bond acceptors (Lipinski definition) is 6. The minimum Gasteiger partial charge on any atom is -0.490 e. The van der Waals surface area contributed by atoms with E-state index >= 15 is 0 Å². The van der Waals surface area contributed by atoms with Crippen molar-refractivity contribution in [2.24, 2.45) is 0 Å². The molecule has 0 bridgehead atoms. The van der Waals surface area contributed by atoms with E-state index in [9.17, 15) is 13.2 Å². The standard InChI is InChI=1S/C19H19ClO5S2/c20-14-5-7-15(8-6-14)24-10-11-25-19(21)17-3-1-2-4-18(17)26-16-9-12-27(22,23)13-16/h1-8,16H,9-13H2/t16-/m1/s1. The van der Waals surface area contributed by atoms with Crippen LogP contribution in [0.25, 0.3) is 0 Å². The maximum Gasteiger partial charge on any atom is 0.339 e. The van der Waals surface area contributed by atoms with E-state index in [0.29, 0.717) is 22.8 Å². The Morgan fingerprint density at radius 3 is 2.56 bits per heavy atom. The fraction of sp³-hybridized carbons (Fsp3) is 0.316. The van der Waals surface area contributed by atoms with E-state index in [0.717, 1.165) is 4.90 Å². The summed E-state index contributed by atoms with van der Waals surface area (Å²) in [6.07, 6.45) is 0.602. The summed E-state index contributed by atoms with van der Waals surface area (Å²) < 4.78 is 34.1. The molecular weight excluding hydrogens is 408 g/mol. The maximum atomic E-state index is 12.4. The molecule has 8 heteroatoms. The number of carbonyl (C=O) groups excluding carboxylic acids is 1. The molecule has 2 aromatic rings. The molecule has 3 rings (SSSR count). The SMILES string of the molecule is O=C(OCCOc1ccc(Cl)cc1)c1ccccc1S[C@@H]1CCS(=O)(=O)C1. The molecular formula is C19H19ClO5S2. The van der Waals surface area contributed by atoms with Crippen LogP contribution in [0.15, 0.2) is 53.4 Å². The number of benzene rings is 2. The van der Waals surface area contributed by atoms with Gasteiger partial charge in [-0.2, -0.15) is 0 Å². The van der Waals surface area contributed by atoms with Crippen molar-refractivity contribution in [2.45, 2.75) is 16.6 Å².